The average molecular weight is 243 g/mol. The van der Waals surface area contributed by atoms with Gasteiger partial charge in [-0.2, -0.15) is 0 Å². The highest BCUT2D eigenvalue weighted by atomic mass is 35.5. The lowest BCUT2D eigenvalue weighted by molar-refractivity contribution is 1.50. The minimum Gasteiger partial charge on any atom is -0.0928 e. The van der Waals surface area contributed by atoms with Crippen LogP contribution in [-0.2, 0) is 0 Å². The average Bonchev–Trinajstić information content (AvgIpc) is 2.17. The number of hydrogen-bond donors (Lipinski definition) is 0. The summed E-state index contributed by atoms with van der Waals surface area (Å²) in [6, 6.07) is 14.4. The maximum Gasteiger partial charge on any atom is 0.157 e. The van der Waals surface area contributed by atoms with Gasteiger partial charge in [-0.3, -0.25) is 0 Å². The predicted octanol–water partition coefficient (Wildman–Crippen LogP) is 4.69. The van der Waals surface area contributed by atoms with Crippen molar-refractivity contribution in [3.63, 3.8) is 0 Å². The van der Waals surface area contributed by atoms with Gasteiger partial charge in [0.05, 0.1) is 0 Å². The topological polar surface area (TPSA) is 0 Å². The molecule has 0 radical (unpaired) electrons. The maximum absolute atomic E-state index is 5.69. The van der Waals surface area contributed by atoms with Crippen molar-refractivity contribution in [3.8, 4) is 0 Å². The third-order valence-electron chi connectivity index (χ3n) is 1.95. The van der Waals surface area contributed by atoms with Crippen LogP contribution in [0.4, 0.5) is 0 Å². The Balaban J connectivity index is 2.41. The summed E-state index contributed by atoms with van der Waals surface area (Å²) < 4.78 is -0.406. The number of rotatable bonds is 2. The van der Waals surface area contributed by atoms with E-state index in [0.29, 0.717) is 0 Å². The molecule has 0 saturated heterocycles. The fourth-order valence-corrected chi connectivity index (χ4v) is 2.51. The largest absolute Gasteiger partial charge is 0.157 e. The fourth-order valence-electron chi connectivity index (χ4n) is 1.34. The molecule has 0 heterocycles. The van der Waals surface area contributed by atoms with Gasteiger partial charge in [0.15, 0.2) is 4.17 Å². The second-order valence-corrected chi connectivity index (χ2v) is 5.68. The SMILES string of the molecule is ClC(Cl)Sc1ccc2ccccc2c1. The molecule has 2 aromatic carbocycles. The Labute approximate surface area is 97.2 Å². The van der Waals surface area contributed by atoms with E-state index in [4.69, 9.17) is 23.2 Å². The summed E-state index contributed by atoms with van der Waals surface area (Å²) in [6.45, 7) is 0. The third-order valence-corrected chi connectivity index (χ3v) is 3.18. The van der Waals surface area contributed by atoms with Gasteiger partial charge < -0.3 is 0 Å². The lowest BCUT2D eigenvalue weighted by atomic mass is 10.1. The number of halogens is 2. The number of hydrogen-bond acceptors (Lipinski definition) is 1. The van der Waals surface area contributed by atoms with Crippen molar-refractivity contribution in [2.75, 3.05) is 0 Å². The molecular weight excluding hydrogens is 235 g/mol. The highest BCUT2D eigenvalue weighted by Gasteiger charge is 2.02. The normalized spacial score (nSPS) is 11.1. The molecule has 2 aromatic rings. The smallest absolute Gasteiger partial charge is 0.0928 e. The third kappa shape index (κ3) is 2.35. The molecule has 0 aliphatic rings. The Morgan fingerprint density at radius 3 is 2.36 bits per heavy atom. The van der Waals surface area contributed by atoms with Gasteiger partial charge in [-0.05, 0) is 22.9 Å². The lowest BCUT2D eigenvalue weighted by Crippen LogP contribution is -1.79. The van der Waals surface area contributed by atoms with E-state index in [1.807, 2.05) is 18.2 Å². The monoisotopic (exact) mass is 242 g/mol. The van der Waals surface area contributed by atoms with Crippen LogP contribution in [0.25, 0.3) is 10.8 Å². The first-order chi connectivity index (χ1) is 6.75. The van der Waals surface area contributed by atoms with Gasteiger partial charge >= 0.3 is 0 Å². The van der Waals surface area contributed by atoms with Gasteiger partial charge in [0.1, 0.15) is 0 Å². The van der Waals surface area contributed by atoms with Crippen LogP contribution in [0.15, 0.2) is 47.4 Å². The molecule has 14 heavy (non-hydrogen) atoms. The molecule has 0 nitrogen and oxygen atoms in total. The lowest BCUT2D eigenvalue weighted by Gasteiger charge is -2.03. The van der Waals surface area contributed by atoms with Crippen molar-refractivity contribution in [2.24, 2.45) is 0 Å². The molecule has 2 rings (SSSR count). The molecule has 0 aromatic heterocycles. The quantitative estimate of drug-likeness (QED) is 0.544. The Bertz CT molecular complexity index is 440. The second kappa shape index (κ2) is 4.43. The van der Waals surface area contributed by atoms with Gasteiger partial charge in [0.2, 0.25) is 0 Å². The number of fused-ring (bicyclic) bond motifs is 1. The summed E-state index contributed by atoms with van der Waals surface area (Å²) in [5, 5.41) is 2.45. The zero-order valence-electron chi connectivity index (χ0n) is 7.28. The van der Waals surface area contributed by atoms with E-state index in [1.165, 1.54) is 22.5 Å². The molecule has 0 atom stereocenters. The van der Waals surface area contributed by atoms with Crippen LogP contribution in [0, 0.1) is 0 Å². The number of benzene rings is 2. The van der Waals surface area contributed by atoms with Crippen LogP contribution in [0.1, 0.15) is 0 Å². The Morgan fingerprint density at radius 2 is 1.64 bits per heavy atom. The van der Waals surface area contributed by atoms with Crippen molar-refractivity contribution in [3.05, 3.63) is 42.5 Å². The molecule has 0 unspecified atom stereocenters. The van der Waals surface area contributed by atoms with Gasteiger partial charge in [0, 0.05) is 4.90 Å². The summed E-state index contributed by atoms with van der Waals surface area (Å²) in [5.41, 5.74) is 0. The van der Waals surface area contributed by atoms with Crippen LogP contribution in [0.2, 0.25) is 0 Å². The highest BCUT2D eigenvalue weighted by molar-refractivity contribution is 8.02. The predicted molar refractivity (Wildman–Crippen MR) is 65.3 cm³/mol. The number of thioether (sulfide) groups is 1. The first-order valence-corrected chi connectivity index (χ1v) is 5.94. The molecule has 72 valence electrons. The van der Waals surface area contributed by atoms with Crippen molar-refractivity contribution < 1.29 is 0 Å². The molecule has 0 spiro atoms. The maximum atomic E-state index is 5.69. The molecule has 0 saturated carbocycles. The van der Waals surface area contributed by atoms with E-state index in [0.717, 1.165) is 4.90 Å². The number of alkyl halides is 2. The molecule has 0 N–H and O–H groups in total. The molecule has 0 bridgehead atoms. The second-order valence-electron chi connectivity index (χ2n) is 2.89. The Hall–Kier alpha value is -0.370. The van der Waals surface area contributed by atoms with Crippen LogP contribution in [0.3, 0.4) is 0 Å². The summed E-state index contributed by atoms with van der Waals surface area (Å²) in [7, 11) is 0. The van der Waals surface area contributed by atoms with Crippen molar-refractivity contribution in [1.82, 2.24) is 0 Å². The minimum absolute atomic E-state index is 0.406. The van der Waals surface area contributed by atoms with Gasteiger partial charge in [-0.1, -0.05) is 65.3 Å². The van der Waals surface area contributed by atoms with Gasteiger partial charge in [-0.15, -0.1) is 0 Å². The fraction of sp³-hybridized carbons (Fsp3) is 0.0909. The van der Waals surface area contributed by atoms with E-state index >= 15 is 0 Å². The first-order valence-electron chi connectivity index (χ1n) is 4.19. The summed E-state index contributed by atoms with van der Waals surface area (Å²) in [4.78, 5) is 1.10. The zero-order chi connectivity index (χ0) is 9.97. The van der Waals surface area contributed by atoms with Crippen molar-refractivity contribution in [1.29, 1.82) is 0 Å². The van der Waals surface area contributed by atoms with E-state index in [9.17, 15) is 0 Å². The van der Waals surface area contributed by atoms with Crippen molar-refractivity contribution in [2.45, 2.75) is 9.06 Å². The van der Waals surface area contributed by atoms with E-state index in [2.05, 4.69) is 24.3 Å². The first kappa shape index (κ1) is 10.2. The van der Waals surface area contributed by atoms with E-state index in [-0.39, 0.29) is 0 Å². The molecule has 0 fully saturated rings. The molecular formula is C11H8Cl2S. The van der Waals surface area contributed by atoms with Crippen LogP contribution in [-0.4, -0.2) is 4.17 Å². The van der Waals surface area contributed by atoms with Crippen molar-refractivity contribution >= 4 is 45.7 Å². The van der Waals surface area contributed by atoms with Crippen LogP contribution in [0.5, 0.6) is 0 Å². The van der Waals surface area contributed by atoms with Crippen LogP contribution >= 0.6 is 35.0 Å². The minimum atomic E-state index is -0.406. The summed E-state index contributed by atoms with van der Waals surface area (Å²) >= 11 is 12.8. The Kier molecular flexibility index (Phi) is 3.22. The van der Waals surface area contributed by atoms with E-state index in [1.54, 1.807) is 0 Å². The van der Waals surface area contributed by atoms with Crippen LogP contribution < -0.4 is 0 Å². The van der Waals surface area contributed by atoms with Gasteiger partial charge in [-0.25, -0.2) is 0 Å². The summed E-state index contributed by atoms with van der Waals surface area (Å²) in [6.07, 6.45) is 0. The molecule has 3 heteroatoms. The molecule has 0 aliphatic carbocycles. The zero-order valence-corrected chi connectivity index (χ0v) is 9.61. The van der Waals surface area contributed by atoms with Gasteiger partial charge in [0.25, 0.3) is 0 Å². The summed E-state index contributed by atoms with van der Waals surface area (Å²) in [5.74, 6) is 0. The Morgan fingerprint density at radius 1 is 0.929 bits per heavy atom. The molecule has 0 aliphatic heterocycles. The molecule has 0 amide bonds. The highest BCUT2D eigenvalue weighted by Crippen LogP contribution is 2.30. The standard InChI is InChI=1S/C11H8Cl2S/c12-11(13)14-10-6-5-8-3-1-2-4-9(8)7-10/h1-7,11H. The van der Waals surface area contributed by atoms with E-state index < -0.39 is 4.17 Å².